The summed E-state index contributed by atoms with van der Waals surface area (Å²) in [5, 5.41) is 12.6. The number of carbonyl (C=O) groups excluding carboxylic acids is 3. The predicted octanol–water partition coefficient (Wildman–Crippen LogP) is 0.533. The third kappa shape index (κ3) is 10.9. The summed E-state index contributed by atoms with van der Waals surface area (Å²) in [5.41, 5.74) is -0.564. The number of hydrogen-bond acceptors (Lipinski definition) is 9. The molecule has 0 unspecified atom stereocenters. The van der Waals surface area contributed by atoms with E-state index in [4.69, 9.17) is 13.7 Å². The molecule has 1 amide bonds. The lowest BCUT2D eigenvalue weighted by Crippen LogP contribution is -2.42. The Morgan fingerprint density at radius 3 is 2.39 bits per heavy atom. The molecule has 1 aromatic carbocycles. The van der Waals surface area contributed by atoms with Crippen LogP contribution >= 0.6 is 0 Å². The van der Waals surface area contributed by atoms with E-state index in [-0.39, 0.29) is 31.0 Å². The molecule has 0 aliphatic carbocycles. The average Bonchev–Trinajstić information content (AvgIpc) is 2.70. The minimum absolute atomic E-state index is 0.0000724. The van der Waals surface area contributed by atoms with Crippen LogP contribution in [-0.4, -0.2) is 63.2 Å². The maximum Gasteiger partial charge on any atom is 0.338 e. The van der Waals surface area contributed by atoms with E-state index >= 15 is 0 Å². The normalized spacial score (nSPS) is 12.6. The smallest absolute Gasteiger partial charge is 0.338 e. The molecule has 0 aliphatic heterocycles. The molecular formula is C20H29NO9S. The molecule has 1 atom stereocenters. The van der Waals surface area contributed by atoms with E-state index in [2.05, 4.69) is 5.32 Å². The quantitative estimate of drug-likeness (QED) is 0.187. The molecule has 0 saturated heterocycles. The van der Waals surface area contributed by atoms with E-state index in [1.807, 2.05) is 0 Å². The molecule has 0 spiro atoms. The fourth-order valence-electron chi connectivity index (χ4n) is 2.26. The molecule has 11 heteroatoms. The van der Waals surface area contributed by atoms with Crippen LogP contribution in [-0.2, 0) is 44.6 Å². The lowest BCUT2D eigenvalue weighted by molar-refractivity contribution is -0.178. The number of nitrogens with one attached hydrogen (secondary N) is 1. The van der Waals surface area contributed by atoms with Gasteiger partial charge in [0, 0.05) is 18.9 Å². The van der Waals surface area contributed by atoms with E-state index in [0.29, 0.717) is 0 Å². The van der Waals surface area contributed by atoms with Crippen molar-refractivity contribution < 1.29 is 41.6 Å². The van der Waals surface area contributed by atoms with Crippen molar-refractivity contribution >= 4 is 28.0 Å². The van der Waals surface area contributed by atoms with Crippen LogP contribution < -0.4 is 5.32 Å². The highest BCUT2D eigenvalue weighted by Crippen LogP contribution is 2.23. The van der Waals surface area contributed by atoms with Gasteiger partial charge in [-0.05, 0) is 12.0 Å². The number of esters is 2. The highest BCUT2D eigenvalue weighted by atomic mass is 32.2. The third-order valence-electron chi connectivity index (χ3n) is 4.13. The van der Waals surface area contributed by atoms with Gasteiger partial charge in [-0.25, -0.2) is 4.79 Å². The summed E-state index contributed by atoms with van der Waals surface area (Å²) in [7, 11) is -3.91. The van der Waals surface area contributed by atoms with Crippen molar-refractivity contribution in [3.8, 4) is 0 Å². The third-order valence-corrected chi connectivity index (χ3v) is 5.40. The molecule has 10 nitrogen and oxygen atoms in total. The van der Waals surface area contributed by atoms with Crippen LogP contribution in [0.1, 0.15) is 32.8 Å². The Morgan fingerprint density at radius 1 is 1.13 bits per heavy atom. The van der Waals surface area contributed by atoms with Crippen LogP contribution in [0.4, 0.5) is 0 Å². The van der Waals surface area contributed by atoms with E-state index < -0.39 is 47.0 Å². The Morgan fingerprint density at radius 2 is 1.77 bits per heavy atom. The van der Waals surface area contributed by atoms with E-state index in [1.54, 1.807) is 30.3 Å². The van der Waals surface area contributed by atoms with Crippen molar-refractivity contribution in [2.45, 2.75) is 39.7 Å². The topological polar surface area (TPSA) is 145 Å². The van der Waals surface area contributed by atoms with Gasteiger partial charge in [0.15, 0.2) is 6.10 Å². The van der Waals surface area contributed by atoms with Crippen molar-refractivity contribution in [2.24, 2.45) is 5.41 Å². The molecule has 1 aromatic rings. The zero-order chi connectivity index (χ0) is 23.5. The highest BCUT2D eigenvalue weighted by Gasteiger charge is 2.36. The first-order chi connectivity index (χ1) is 14.4. The van der Waals surface area contributed by atoms with E-state index in [0.717, 1.165) is 5.56 Å². The Kier molecular flexibility index (Phi) is 10.6. The monoisotopic (exact) mass is 459 g/mol. The van der Waals surface area contributed by atoms with Gasteiger partial charge >= 0.3 is 11.9 Å². The number of amides is 1. The van der Waals surface area contributed by atoms with E-state index in [1.165, 1.54) is 20.8 Å². The summed E-state index contributed by atoms with van der Waals surface area (Å²) in [5.74, 6) is -2.29. The molecule has 0 aliphatic rings. The number of rotatable bonds is 13. The molecular weight excluding hydrogens is 430 g/mol. The highest BCUT2D eigenvalue weighted by molar-refractivity contribution is 7.86. The molecule has 0 saturated carbocycles. The van der Waals surface area contributed by atoms with Gasteiger partial charge in [0.05, 0.1) is 18.8 Å². The van der Waals surface area contributed by atoms with Crippen LogP contribution in [0.15, 0.2) is 30.3 Å². The van der Waals surface area contributed by atoms with Gasteiger partial charge in [-0.2, -0.15) is 8.42 Å². The minimum atomic E-state index is -3.91. The first-order valence-corrected chi connectivity index (χ1v) is 11.2. The van der Waals surface area contributed by atoms with Crippen LogP contribution in [0, 0.1) is 5.41 Å². The first-order valence-electron chi connectivity index (χ1n) is 9.59. The fourth-order valence-corrected chi connectivity index (χ4v) is 3.36. The van der Waals surface area contributed by atoms with Gasteiger partial charge in [0.25, 0.3) is 10.1 Å². The second-order valence-corrected chi connectivity index (χ2v) is 9.27. The summed E-state index contributed by atoms with van der Waals surface area (Å²) in [6, 6.07) is 8.83. The molecule has 1 rings (SSSR count). The van der Waals surface area contributed by atoms with E-state index in [9.17, 15) is 27.9 Å². The van der Waals surface area contributed by atoms with Crippen LogP contribution in [0.3, 0.4) is 0 Å². The number of carbonyl (C=O) groups is 3. The van der Waals surface area contributed by atoms with Gasteiger partial charge in [-0.3, -0.25) is 13.8 Å². The van der Waals surface area contributed by atoms with Gasteiger partial charge in [0.2, 0.25) is 12.7 Å². The second kappa shape index (κ2) is 12.4. The zero-order valence-corrected chi connectivity index (χ0v) is 18.6. The van der Waals surface area contributed by atoms with Crippen LogP contribution in [0.25, 0.3) is 0 Å². The molecule has 0 fully saturated rings. The van der Waals surface area contributed by atoms with Gasteiger partial charge in [-0.1, -0.05) is 44.2 Å². The molecule has 2 N–H and O–H groups in total. The van der Waals surface area contributed by atoms with Crippen molar-refractivity contribution in [1.82, 2.24) is 5.32 Å². The number of aliphatic hydroxyl groups excluding tert-OH is 1. The number of benzene rings is 1. The number of ether oxygens (including phenoxy) is 2. The number of aliphatic hydroxyl groups is 1. The van der Waals surface area contributed by atoms with Gasteiger partial charge < -0.3 is 19.9 Å². The molecule has 0 radical (unpaired) electrons. The van der Waals surface area contributed by atoms with Gasteiger partial charge in [-0.15, -0.1) is 0 Å². The standard InChI is InChI=1S/C20H29NO9S/c1-15(22)21-10-7-11-31(26,27)30-13-20(2,3)18(24)19(25)29-14-28-17(23)12-16-8-5-4-6-9-16/h4-6,8-9,18,24H,7,10-14H2,1-3H3,(H,21,22)/t18-/m0/s1. The second-order valence-electron chi connectivity index (χ2n) is 7.51. The zero-order valence-electron chi connectivity index (χ0n) is 17.8. The van der Waals surface area contributed by atoms with Crippen molar-refractivity contribution in [3.05, 3.63) is 35.9 Å². The summed E-state index contributed by atoms with van der Waals surface area (Å²) >= 11 is 0. The Balaban J connectivity index is 2.39. The molecule has 0 bridgehead atoms. The average molecular weight is 460 g/mol. The summed E-state index contributed by atoms with van der Waals surface area (Å²) in [6.07, 6.45) is -1.56. The number of hydrogen-bond donors (Lipinski definition) is 2. The Labute approximate surface area is 182 Å². The first kappa shape index (κ1) is 26.5. The summed E-state index contributed by atoms with van der Waals surface area (Å²) in [4.78, 5) is 34.5. The minimum Gasteiger partial charge on any atom is -0.428 e. The molecule has 0 aromatic heterocycles. The lowest BCUT2D eigenvalue weighted by atomic mass is 9.88. The summed E-state index contributed by atoms with van der Waals surface area (Å²) in [6.45, 7) is 3.19. The van der Waals surface area contributed by atoms with Crippen molar-refractivity contribution in [1.29, 1.82) is 0 Å². The maximum atomic E-state index is 12.0. The van der Waals surface area contributed by atoms with Crippen LogP contribution in [0.5, 0.6) is 0 Å². The van der Waals surface area contributed by atoms with Crippen molar-refractivity contribution in [2.75, 3.05) is 25.7 Å². The summed E-state index contributed by atoms with van der Waals surface area (Å²) < 4.78 is 38.3. The lowest BCUT2D eigenvalue weighted by Gasteiger charge is -2.28. The molecule has 174 valence electrons. The molecule has 0 heterocycles. The van der Waals surface area contributed by atoms with Crippen LogP contribution in [0.2, 0.25) is 0 Å². The van der Waals surface area contributed by atoms with Gasteiger partial charge in [0.1, 0.15) is 0 Å². The maximum absolute atomic E-state index is 12.0. The fraction of sp³-hybridized carbons (Fsp3) is 0.550. The van der Waals surface area contributed by atoms with Crippen molar-refractivity contribution in [3.63, 3.8) is 0 Å². The SMILES string of the molecule is CC(=O)NCCCS(=O)(=O)OCC(C)(C)[C@@H](O)C(=O)OCOC(=O)Cc1ccccc1. The predicted molar refractivity (Wildman–Crippen MR) is 110 cm³/mol. The largest absolute Gasteiger partial charge is 0.428 e. The Hall–Kier alpha value is -2.50. The molecule has 31 heavy (non-hydrogen) atoms. The Bertz CT molecular complexity index is 837.